The molecule has 6 nitrogen and oxygen atoms in total. The van der Waals surface area contributed by atoms with Gasteiger partial charge in [-0.3, -0.25) is 4.79 Å². The average Bonchev–Trinajstić information content (AvgIpc) is 2.97. The van der Waals surface area contributed by atoms with Gasteiger partial charge in [-0.25, -0.2) is 9.67 Å². The lowest BCUT2D eigenvalue weighted by molar-refractivity contribution is 0.103. The molecule has 0 amide bonds. The molecule has 0 atom stereocenters. The maximum atomic E-state index is 12.9. The van der Waals surface area contributed by atoms with E-state index in [1.165, 1.54) is 6.07 Å². The van der Waals surface area contributed by atoms with E-state index < -0.39 is 0 Å². The van der Waals surface area contributed by atoms with Crippen molar-refractivity contribution in [2.24, 2.45) is 0 Å². The number of phenolic OH excluding ortho intramolecular Hbond substituents is 1. The van der Waals surface area contributed by atoms with E-state index in [4.69, 9.17) is 5.73 Å². The first-order valence-electron chi connectivity index (χ1n) is 8.51. The van der Waals surface area contributed by atoms with Gasteiger partial charge in [-0.2, -0.15) is 5.10 Å². The number of para-hydroxylation sites is 1. The van der Waals surface area contributed by atoms with Crippen molar-refractivity contribution in [1.29, 1.82) is 0 Å². The van der Waals surface area contributed by atoms with E-state index in [1.54, 1.807) is 28.9 Å². The topological polar surface area (TPSA) is 94.0 Å². The summed E-state index contributed by atoms with van der Waals surface area (Å²) in [6.45, 7) is 3.88. The molecule has 0 saturated heterocycles. The third-order valence-corrected chi connectivity index (χ3v) is 4.54. The van der Waals surface area contributed by atoms with Crippen LogP contribution >= 0.6 is 0 Å². The minimum Gasteiger partial charge on any atom is -0.507 e. The van der Waals surface area contributed by atoms with E-state index in [-0.39, 0.29) is 28.5 Å². The molecule has 0 saturated carbocycles. The van der Waals surface area contributed by atoms with Crippen molar-refractivity contribution in [2.75, 3.05) is 5.73 Å². The van der Waals surface area contributed by atoms with Gasteiger partial charge in [-0.15, -0.1) is 0 Å². The van der Waals surface area contributed by atoms with E-state index in [1.807, 2.05) is 38.1 Å². The molecule has 0 bridgehead atoms. The predicted molar refractivity (Wildman–Crippen MR) is 104 cm³/mol. The second-order valence-electron chi connectivity index (χ2n) is 6.47. The summed E-state index contributed by atoms with van der Waals surface area (Å²) < 4.78 is 1.72. The Kier molecular flexibility index (Phi) is 3.88. The molecule has 0 radical (unpaired) electrons. The summed E-state index contributed by atoms with van der Waals surface area (Å²) in [6, 6.07) is 16.0. The van der Waals surface area contributed by atoms with Crippen molar-refractivity contribution >= 4 is 22.6 Å². The molecule has 0 aliphatic heterocycles. The first-order valence-corrected chi connectivity index (χ1v) is 8.51. The Balaban J connectivity index is 1.88. The number of aromatic nitrogens is 3. The molecule has 4 rings (SSSR count). The third kappa shape index (κ3) is 2.81. The number of nitrogens with two attached hydrogens (primary N) is 1. The molecule has 2 aromatic carbocycles. The summed E-state index contributed by atoms with van der Waals surface area (Å²) in [5.41, 5.74) is 9.88. The van der Waals surface area contributed by atoms with Crippen LogP contribution in [0.1, 0.15) is 27.2 Å². The maximum absolute atomic E-state index is 12.9. The number of phenols is 1. The maximum Gasteiger partial charge on any atom is 0.200 e. The van der Waals surface area contributed by atoms with Crippen molar-refractivity contribution in [3.63, 3.8) is 0 Å². The zero-order chi connectivity index (χ0) is 19.1. The van der Waals surface area contributed by atoms with Gasteiger partial charge in [0, 0.05) is 5.39 Å². The van der Waals surface area contributed by atoms with Gasteiger partial charge in [0.05, 0.1) is 22.5 Å². The van der Waals surface area contributed by atoms with Gasteiger partial charge in [0.15, 0.2) is 11.4 Å². The minimum absolute atomic E-state index is 0.0888. The van der Waals surface area contributed by atoms with Crippen molar-refractivity contribution < 1.29 is 9.90 Å². The van der Waals surface area contributed by atoms with Crippen molar-refractivity contribution in [1.82, 2.24) is 14.8 Å². The number of carbonyl (C=O) groups excluding carboxylic acids is 1. The predicted octanol–water partition coefficient (Wildman–Crippen LogP) is 3.56. The van der Waals surface area contributed by atoms with Gasteiger partial charge in [0.1, 0.15) is 11.6 Å². The van der Waals surface area contributed by atoms with Crippen LogP contribution in [0.2, 0.25) is 0 Å². The number of nitrogens with zero attached hydrogens (tertiary/aromatic N) is 3. The molecule has 0 aliphatic carbocycles. The lowest BCUT2D eigenvalue weighted by atomic mass is 10.0. The van der Waals surface area contributed by atoms with Crippen LogP contribution in [0, 0.1) is 13.8 Å². The van der Waals surface area contributed by atoms with E-state index >= 15 is 0 Å². The summed E-state index contributed by atoms with van der Waals surface area (Å²) in [5.74, 6) is -0.361. The van der Waals surface area contributed by atoms with Crippen molar-refractivity contribution in [3.8, 4) is 11.4 Å². The molecule has 0 aliphatic rings. The molecule has 2 heterocycles. The fraction of sp³-hybridized carbons (Fsp3) is 0.0952. The number of hydrogen-bond donors (Lipinski definition) is 2. The number of nitrogen functional groups attached to an aromatic ring is 1. The second-order valence-corrected chi connectivity index (χ2v) is 6.47. The Hall–Kier alpha value is -3.67. The van der Waals surface area contributed by atoms with Crippen LogP contribution in [0.25, 0.3) is 16.7 Å². The second kappa shape index (κ2) is 6.25. The number of anilines is 1. The average molecular weight is 358 g/mol. The molecule has 0 unspecified atom stereocenters. The zero-order valence-corrected chi connectivity index (χ0v) is 15.0. The SMILES string of the molecule is Cc1ccc(-n2nc(C)c3cc(C(=O)c4ccccc4O)c(N)nc32)cc1. The van der Waals surface area contributed by atoms with Crippen LogP contribution in [0.3, 0.4) is 0 Å². The molecule has 6 heteroatoms. The van der Waals surface area contributed by atoms with Crippen molar-refractivity contribution in [3.05, 3.63) is 77.0 Å². The summed E-state index contributed by atoms with van der Waals surface area (Å²) in [6.07, 6.45) is 0. The van der Waals surface area contributed by atoms with Crippen LogP contribution in [-0.4, -0.2) is 25.7 Å². The van der Waals surface area contributed by atoms with Gasteiger partial charge in [0.2, 0.25) is 0 Å². The fourth-order valence-corrected chi connectivity index (χ4v) is 3.05. The number of ketones is 1. The summed E-state index contributed by atoms with van der Waals surface area (Å²) in [7, 11) is 0. The van der Waals surface area contributed by atoms with E-state index in [2.05, 4.69) is 10.1 Å². The first-order chi connectivity index (χ1) is 13.0. The van der Waals surface area contributed by atoms with E-state index in [9.17, 15) is 9.90 Å². The summed E-state index contributed by atoms with van der Waals surface area (Å²) in [4.78, 5) is 17.3. The minimum atomic E-state index is -0.373. The zero-order valence-electron chi connectivity index (χ0n) is 15.0. The number of carbonyl (C=O) groups is 1. The first kappa shape index (κ1) is 16.8. The monoisotopic (exact) mass is 358 g/mol. The molecule has 134 valence electrons. The van der Waals surface area contributed by atoms with Gasteiger partial charge in [-0.05, 0) is 44.2 Å². The molecule has 4 aromatic rings. The highest BCUT2D eigenvalue weighted by Gasteiger charge is 2.20. The number of aryl methyl sites for hydroxylation is 2. The Bertz CT molecular complexity index is 1180. The molecule has 27 heavy (non-hydrogen) atoms. The quantitative estimate of drug-likeness (QED) is 0.546. The van der Waals surface area contributed by atoms with Gasteiger partial charge < -0.3 is 10.8 Å². The van der Waals surface area contributed by atoms with Gasteiger partial charge in [-0.1, -0.05) is 29.8 Å². The van der Waals surface area contributed by atoms with Crippen molar-refractivity contribution in [2.45, 2.75) is 13.8 Å². The smallest absolute Gasteiger partial charge is 0.200 e. The van der Waals surface area contributed by atoms with E-state index in [0.29, 0.717) is 5.65 Å². The summed E-state index contributed by atoms with van der Waals surface area (Å²) in [5, 5.41) is 15.3. The molecular formula is C21H18N4O2. The Morgan fingerprint density at radius 3 is 2.44 bits per heavy atom. The van der Waals surface area contributed by atoms with Crippen LogP contribution in [0.4, 0.5) is 5.82 Å². The number of hydrogen-bond acceptors (Lipinski definition) is 5. The van der Waals surface area contributed by atoms with Crippen LogP contribution in [0.15, 0.2) is 54.6 Å². The highest BCUT2D eigenvalue weighted by Crippen LogP contribution is 2.27. The number of pyridine rings is 1. The Morgan fingerprint density at radius 1 is 1.04 bits per heavy atom. The molecule has 0 spiro atoms. The number of aromatic hydroxyl groups is 1. The summed E-state index contributed by atoms with van der Waals surface area (Å²) >= 11 is 0. The van der Waals surface area contributed by atoms with Crippen LogP contribution < -0.4 is 5.73 Å². The Labute approximate surface area is 155 Å². The number of fused-ring (bicyclic) bond motifs is 1. The highest BCUT2D eigenvalue weighted by atomic mass is 16.3. The normalized spacial score (nSPS) is 11.0. The van der Waals surface area contributed by atoms with Gasteiger partial charge >= 0.3 is 0 Å². The van der Waals surface area contributed by atoms with Crippen LogP contribution in [-0.2, 0) is 0 Å². The lowest BCUT2D eigenvalue weighted by Gasteiger charge is -2.08. The molecular weight excluding hydrogens is 340 g/mol. The number of benzene rings is 2. The fourth-order valence-electron chi connectivity index (χ4n) is 3.05. The molecule has 3 N–H and O–H groups in total. The largest absolute Gasteiger partial charge is 0.507 e. The van der Waals surface area contributed by atoms with Gasteiger partial charge in [0.25, 0.3) is 0 Å². The molecule has 2 aromatic heterocycles. The Morgan fingerprint density at radius 2 is 1.74 bits per heavy atom. The van der Waals surface area contributed by atoms with Crippen LogP contribution in [0.5, 0.6) is 5.75 Å². The lowest BCUT2D eigenvalue weighted by Crippen LogP contribution is -2.08. The third-order valence-electron chi connectivity index (χ3n) is 4.54. The number of rotatable bonds is 3. The molecule has 0 fully saturated rings. The highest BCUT2D eigenvalue weighted by molar-refractivity contribution is 6.14. The van der Waals surface area contributed by atoms with E-state index in [0.717, 1.165) is 22.3 Å². The standard InChI is InChI=1S/C21H18N4O2/c1-12-7-9-14(10-8-12)25-21-16(13(2)24-25)11-17(20(22)23-21)19(27)15-5-3-4-6-18(15)26/h3-11,26H,1-2H3,(H2,22,23).